The van der Waals surface area contributed by atoms with Crippen molar-refractivity contribution < 1.29 is 4.43 Å². The van der Waals surface area contributed by atoms with Gasteiger partial charge in [0, 0.05) is 13.2 Å². The molecule has 7 nitrogen and oxygen atoms in total. The SMILES string of the molecule is CC(C)(C)[Si](OCCCN(N)c1nn[nH]n1)(c1ccccc1)c1ccccc1. The number of aromatic nitrogens is 4. The van der Waals surface area contributed by atoms with Crippen LogP contribution in [-0.2, 0) is 4.43 Å². The summed E-state index contributed by atoms with van der Waals surface area (Å²) in [4.78, 5) is 0. The third-order valence-corrected chi connectivity index (χ3v) is 9.91. The van der Waals surface area contributed by atoms with Gasteiger partial charge in [-0.2, -0.15) is 5.21 Å². The molecule has 2 aromatic carbocycles. The van der Waals surface area contributed by atoms with E-state index in [2.05, 4.69) is 89.9 Å². The van der Waals surface area contributed by atoms with Crippen LogP contribution in [0.1, 0.15) is 27.2 Å². The third-order valence-electron chi connectivity index (χ3n) is 4.87. The van der Waals surface area contributed by atoms with Gasteiger partial charge in [-0.05, 0) is 27.0 Å². The Morgan fingerprint density at radius 1 is 1.00 bits per heavy atom. The number of benzene rings is 2. The Labute approximate surface area is 167 Å². The Kier molecular flexibility index (Phi) is 6.23. The molecule has 0 fully saturated rings. The summed E-state index contributed by atoms with van der Waals surface area (Å²) >= 11 is 0. The van der Waals surface area contributed by atoms with Crippen LogP contribution in [-0.4, -0.2) is 42.1 Å². The second kappa shape index (κ2) is 8.64. The number of H-pyrrole nitrogens is 1. The molecule has 148 valence electrons. The first-order chi connectivity index (χ1) is 13.4. The van der Waals surface area contributed by atoms with Crippen LogP contribution in [0.2, 0.25) is 5.04 Å². The molecule has 3 aromatic rings. The summed E-state index contributed by atoms with van der Waals surface area (Å²) in [5.74, 6) is 6.38. The number of tetrazole rings is 1. The van der Waals surface area contributed by atoms with Crippen LogP contribution in [0.4, 0.5) is 5.95 Å². The second-order valence-electron chi connectivity index (χ2n) is 7.77. The third kappa shape index (κ3) is 4.14. The molecule has 1 aromatic heterocycles. The van der Waals surface area contributed by atoms with Crippen LogP contribution in [0.15, 0.2) is 60.7 Å². The molecule has 0 atom stereocenters. The Bertz CT molecular complexity index is 797. The molecule has 3 rings (SSSR count). The van der Waals surface area contributed by atoms with Crippen LogP contribution in [0.5, 0.6) is 0 Å². The first kappa shape index (κ1) is 20.2. The smallest absolute Gasteiger partial charge is 0.279 e. The Hall–Kier alpha value is -2.55. The van der Waals surface area contributed by atoms with E-state index in [0.717, 1.165) is 6.42 Å². The van der Waals surface area contributed by atoms with Gasteiger partial charge >= 0.3 is 0 Å². The van der Waals surface area contributed by atoms with E-state index in [1.54, 1.807) is 0 Å². The molecule has 0 saturated heterocycles. The van der Waals surface area contributed by atoms with Crippen molar-refractivity contribution in [1.29, 1.82) is 0 Å². The summed E-state index contributed by atoms with van der Waals surface area (Å²) in [6.07, 6.45) is 0.759. The van der Waals surface area contributed by atoms with Crippen molar-refractivity contribution in [3.8, 4) is 0 Å². The van der Waals surface area contributed by atoms with E-state index in [1.165, 1.54) is 15.4 Å². The Morgan fingerprint density at radius 3 is 2.04 bits per heavy atom. The van der Waals surface area contributed by atoms with E-state index in [-0.39, 0.29) is 5.04 Å². The fourth-order valence-corrected chi connectivity index (χ4v) is 8.21. The van der Waals surface area contributed by atoms with Gasteiger partial charge in [-0.25, -0.2) is 5.84 Å². The number of hydrogen-bond acceptors (Lipinski definition) is 6. The minimum atomic E-state index is -2.50. The number of anilines is 1. The predicted molar refractivity (Wildman–Crippen MR) is 114 cm³/mol. The number of rotatable bonds is 8. The van der Waals surface area contributed by atoms with E-state index < -0.39 is 8.32 Å². The number of nitrogens with two attached hydrogens (primary N) is 1. The Balaban J connectivity index is 1.84. The molecule has 1 heterocycles. The number of nitrogens with one attached hydrogen (secondary N) is 1. The second-order valence-corrected chi connectivity index (χ2v) is 12.1. The van der Waals surface area contributed by atoms with Gasteiger partial charge in [0.2, 0.25) is 0 Å². The maximum Gasteiger partial charge on any atom is 0.279 e. The van der Waals surface area contributed by atoms with Gasteiger partial charge in [0.15, 0.2) is 0 Å². The Morgan fingerprint density at radius 2 is 1.57 bits per heavy atom. The fraction of sp³-hybridized carbons (Fsp3) is 0.350. The van der Waals surface area contributed by atoms with Gasteiger partial charge < -0.3 is 4.43 Å². The van der Waals surface area contributed by atoms with Crippen molar-refractivity contribution in [1.82, 2.24) is 20.6 Å². The lowest BCUT2D eigenvalue weighted by molar-refractivity contribution is 0.292. The lowest BCUT2D eigenvalue weighted by atomic mass is 10.2. The van der Waals surface area contributed by atoms with Crippen LogP contribution in [0, 0.1) is 0 Å². The van der Waals surface area contributed by atoms with Crippen molar-refractivity contribution in [2.45, 2.75) is 32.2 Å². The molecule has 0 radical (unpaired) electrons. The largest absolute Gasteiger partial charge is 0.407 e. The lowest BCUT2D eigenvalue weighted by Gasteiger charge is -2.43. The van der Waals surface area contributed by atoms with E-state index in [9.17, 15) is 0 Å². The van der Waals surface area contributed by atoms with Crippen molar-refractivity contribution >= 4 is 24.6 Å². The van der Waals surface area contributed by atoms with Crippen molar-refractivity contribution in [2.24, 2.45) is 5.84 Å². The molecule has 0 saturated carbocycles. The van der Waals surface area contributed by atoms with E-state index in [0.29, 0.717) is 19.1 Å². The molecule has 28 heavy (non-hydrogen) atoms. The van der Waals surface area contributed by atoms with Crippen molar-refractivity contribution in [3.05, 3.63) is 60.7 Å². The minimum Gasteiger partial charge on any atom is -0.407 e. The van der Waals surface area contributed by atoms with E-state index in [4.69, 9.17) is 10.3 Å². The van der Waals surface area contributed by atoms with Gasteiger partial charge in [0.05, 0.1) is 0 Å². The highest BCUT2D eigenvalue weighted by molar-refractivity contribution is 6.99. The minimum absolute atomic E-state index is 0.0359. The summed E-state index contributed by atoms with van der Waals surface area (Å²) in [6, 6.07) is 21.2. The predicted octanol–water partition coefficient (Wildman–Crippen LogP) is 1.85. The topological polar surface area (TPSA) is 93.0 Å². The van der Waals surface area contributed by atoms with E-state index >= 15 is 0 Å². The summed E-state index contributed by atoms with van der Waals surface area (Å²) in [5.41, 5.74) is 0. The maximum atomic E-state index is 6.83. The summed E-state index contributed by atoms with van der Waals surface area (Å²) in [6.45, 7) is 7.99. The lowest BCUT2D eigenvalue weighted by Crippen LogP contribution is -2.66. The first-order valence-electron chi connectivity index (χ1n) is 9.46. The average molecular weight is 397 g/mol. The van der Waals surface area contributed by atoms with Crippen LogP contribution >= 0.6 is 0 Å². The monoisotopic (exact) mass is 396 g/mol. The van der Waals surface area contributed by atoms with Crippen molar-refractivity contribution in [3.63, 3.8) is 0 Å². The summed E-state index contributed by atoms with van der Waals surface area (Å²) < 4.78 is 6.83. The molecular weight excluding hydrogens is 368 g/mol. The number of nitrogens with zero attached hydrogens (tertiary/aromatic N) is 4. The van der Waals surface area contributed by atoms with Gasteiger partial charge in [-0.15, -0.1) is 5.10 Å². The zero-order valence-corrected chi connectivity index (χ0v) is 17.7. The molecule has 0 bridgehead atoms. The van der Waals surface area contributed by atoms with Crippen LogP contribution in [0.25, 0.3) is 0 Å². The van der Waals surface area contributed by atoms with Gasteiger partial charge in [0.1, 0.15) is 0 Å². The fourth-order valence-electron chi connectivity index (χ4n) is 3.60. The number of hydrogen-bond donors (Lipinski definition) is 2. The molecular formula is C20H28N6OSi. The first-order valence-corrected chi connectivity index (χ1v) is 11.4. The van der Waals surface area contributed by atoms with E-state index in [1.807, 2.05) is 12.1 Å². The normalized spacial score (nSPS) is 12.1. The molecule has 3 N–H and O–H groups in total. The number of aromatic amines is 1. The van der Waals surface area contributed by atoms with Gasteiger partial charge in [0.25, 0.3) is 14.3 Å². The molecule has 8 heteroatoms. The zero-order valence-electron chi connectivity index (χ0n) is 16.7. The highest BCUT2D eigenvalue weighted by atomic mass is 28.4. The summed E-state index contributed by atoms with van der Waals surface area (Å²) in [5, 5.41) is 17.7. The highest BCUT2D eigenvalue weighted by Crippen LogP contribution is 2.36. The summed E-state index contributed by atoms with van der Waals surface area (Å²) in [7, 11) is -2.50. The standard InChI is InChI=1S/C20H28N6OSi/c1-20(2,3)28(17-11-6-4-7-12-17,18-13-8-5-9-14-18)27-16-10-15-26(21)19-22-24-25-23-19/h4-9,11-14H,10,15-16,21H2,1-3H3,(H,22,23,24,25). The maximum absolute atomic E-state index is 6.83. The molecule has 0 aliphatic rings. The molecule has 0 unspecified atom stereocenters. The molecule has 0 aliphatic carbocycles. The van der Waals surface area contributed by atoms with Crippen LogP contribution < -0.4 is 21.2 Å². The number of hydrazine groups is 1. The van der Waals surface area contributed by atoms with Crippen molar-refractivity contribution in [2.75, 3.05) is 18.2 Å². The molecule has 0 aliphatic heterocycles. The average Bonchev–Trinajstić information content (AvgIpc) is 3.23. The van der Waals surface area contributed by atoms with Crippen LogP contribution in [0.3, 0.4) is 0 Å². The zero-order chi connectivity index (χ0) is 20.0. The van der Waals surface area contributed by atoms with Gasteiger partial charge in [-0.3, -0.25) is 5.01 Å². The quantitative estimate of drug-likeness (QED) is 0.261. The highest BCUT2D eigenvalue weighted by Gasteiger charge is 2.49. The molecule has 0 spiro atoms. The van der Waals surface area contributed by atoms with Gasteiger partial charge in [-0.1, -0.05) is 86.5 Å². The molecule has 0 amide bonds.